The van der Waals surface area contributed by atoms with Crippen LogP contribution in [0, 0.1) is 5.41 Å². The predicted octanol–water partition coefficient (Wildman–Crippen LogP) is 2.22. The number of hydrogen-bond donors (Lipinski definition) is 0. The summed E-state index contributed by atoms with van der Waals surface area (Å²) in [6.07, 6.45) is 8.72. The van der Waals surface area contributed by atoms with Gasteiger partial charge < -0.3 is 9.64 Å². The second-order valence-electron chi connectivity index (χ2n) is 7.07. The number of ether oxygens (including phenoxy) is 1. The number of rotatable bonds is 8. The van der Waals surface area contributed by atoms with Crippen molar-refractivity contribution in [1.29, 1.82) is 0 Å². The maximum Gasteiger partial charge on any atom is 0.229 e. The van der Waals surface area contributed by atoms with Crippen LogP contribution in [0.3, 0.4) is 0 Å². The number of nitrogens with zero attached hydrogens (tertiary/aromatic N) is 3. The van der Waals surface area contributed by atoms with Crippen LogP contribution in [-0.4, -0.2) is 68.1 Å². The number of carbonyl (C=O) groups is 1. The van der Waals surface area contributed by atoms with Gasteiger partial charge in [0.25, 0.3) is 0 Å². The van der Waals surface area contributed by atoms with Crippen LogP contribution in [-0.2, 0) is 16.0 Å². The quantitative estimate of drug-likeness (QED) is 0.732. The van der Waals surface area contributed by atoms with Gasteiger partial charge in [-0.05, 0) is 50.3 Å². The summed E-state index contributed by atoms with van der Waals surface area (Å²) in [5, 5.41) is 0. The van der Waals surface area contributed by atoms with E-state index in [0.29, 0.717) is 0 Å². The lowest BCUT2D eigenvalue weighted by Crippen LogP contribution is -2.52. The first-order valence-electron chi connectivity index (χ1n) is 8.89. The number of aromatic nitrogens is 1. The third-order valence-corrected chi connectivity index (χ3v) is 4.97. The first-order chi connectivity index (χ1) is 11.6. The molecule has 0 N–H and O–H groups in total. The summed E-state index contributed by atoms with van der Waals surface area (Å²) in [4.78, 5) is 21.3. The Labute approximate surface area is 146 Å². The summed E-state index contributed by atoms with van der Waals surface area (Å²) < 4.78 is 5.22. The van der Waals surface area contributed by atoms with Gasteiger partial charge in [-0.15, -0.1) is 0 Å². The molecule has 0 aromatic carbocycles. The van der Waals surface area contributed by atoms with Crippen molar-refractivity contribution in [3.63, 3.8) is 0 Å². The highest BCUT2D eigenvalue weighted by Gasteiger charge is 2.42. The Bertz CT molecular complexity index is 507. The molecule has 0 bridgehead atoms. The number of piperidine rings is 1. The van der Waals surface area contributed by atoms with Gasteiger partial charge in [0.15, 0.2) is 0 Å². The van der Waals surface area contributed by atoms with E-state index in [9.17, 15) is 4.79 Å². The van der Waals surface area contributed by atoms with Crippen LogP contribution in [0.5, 0.6) is 0 Å². The molecule has 5 nitrogen and oxygen atoms in total. The fraction of sp³-hybridized carbons (Fsp3) is 0.684. The van der Waals surface area contributed by atoms with E-state index in [0.717, 1.165) is 58.3 Å². The van der Waals surface area contributed by atoms with E-state index in [-0.39, 0.29) is 11.3 Å². The van der Waals surface area contributed by atoms with Crippen LogP contribution < -0.4 is 0 Å². The zero-order valence-corrected chi connectivity index (χ0v) is 15.3. The van der Waals surface area contributed by atoms with Gasteiger partial charge >= 0.3 is 0 Å². The summed E-state index contributed by atoms with van der Waals surface area (Å²) in [7, 11) is 5.48. The van der Waals surface area contributed by atoms with Crippen molar-refractivity contribution in [3.8, 4) is 0 Å². The van der Waals surface area contributed by atoms with Crippen molar-refractivity contribution in [2.24, 2.45) is 5.41 Å². The molecular weight excluding hydrogens is 302 g/mol. The molecule has 2 rings (SSSR count). The lowest BCUT2D eigenvalue weighted by Gasteiger charge is -2.43. The summed E-state index contributed by atoms with van der Waals surface area (Å²) in [5.41, 5.74) is 0.995. The number of hydrogen-bond acceptors (Lipinski definition) is 4. The first kappa shape index (κ1) is 18.9. The fourth-order valence-electron chi connectivity index (χ4n) is 3.78. The molecule has 0 aliphatic carbocycles. The van der Waals surface area contributed by atoms with E-state index in [2.05, 4.69) is 16.0 Å². The van der Waals surface area contributed by atoms with Gasteiger partial charge in [0.05, 0.1) is 12.0 Å². The zero-order valence-electron chi connectivity index (χ0n) is 15.3. The van der Waals surface area contributed by atoms with Crippen LogP contribution in [0.2, 0.25) is 0 Å². The van der Waals surface area contributed by atoms with Gasteiger partial charge in [-0.3, -0.25) is 14.7 Å². The maximum atomic E-state index is 12.9. The second kappa shape index (κ2) is 9.14. The van der Waals surface area contributed by atoms with Crippen LogP contribution >= 0.6 is 0 Å². The molecule has 24 heavy (non-hydrogen) atoms. The lowest BCUT2D eigenvalue weighted by atomic mass is 9.74. The second-order valence-corrected chi connectivity index (χ2v) is 7.07. The van der Waals surface area contributed by atoms with E-state index in [1.807, 2.05) is 26.4 Å². The van der Waals surface area contributed by atoms with Crippen molar-refractivity contribution in [2.45, 2.75) is 32.1 Å². The third kappa shape index (κ3) is 5.02. The average molecular weight is 333 g/mol. The molecule has 134 valence electrons. The molecule has 1 atom stereocenters. The van der Waals surface area contributed by atoms with E-state index in [4.69, 9.17) is 4.74 Å². The first-order valence-corrected chi connectivity index (χ1v) is 8.89. The minimum Gasteiger partial charge on any atom is -0.383 e. The van der Waals surface area contributed by atoms with Gasteiger partial charge in [0.1, 0.15) is 0 Å². The third-order valence-electron chi connectivity index (χ3n) is 4.97. The van der Waals surface area contributed by atoms with E-state index in [1.165, 1.54) is 5.56 Å². The highest BCUT2D eigenvalue weighted by atomic mass is 16.5. The Hall–Kier alpha value is -1.46. The Balaban J connectivity index is 2.01. The van der Waals surface area contributed by atoms with Crippen LogP contribution in [0.25, 0.3) is 0 Å². The SMILES string of the molecule is COCCN1CCC[C@](CCCc2cccnc2)(C(=O)N(C)C)C1. The Morgan fingerprint density at radius 1 is 1.46 bits per heavy atom. The number of carbonyl (C=O) groups excluding carboxylic acids is 1. The molecule has 1 aromatic heterocycles. The smallest absolute Gasteiger partial charge is 0.229 e. The van der Waals surface area contributed by atoms with E-state index >= 15 is 0 Å². The van der Waals surface area contributed by atoms with Crippen LogP contribution in [0.1, 0.15) is 31.2 Å². The van der Waals surface area contributed by atoms with Crippen molar-refractivity contribution in [3.05, 3.63) is 30.1 Å². The molecule has 1 amide bonds. The largest absolute Gasteiger partial charge is 0.383 e. The van der Waals surface area contributed by atoms with Gasteiger partial charge in [-0.2, -0.15) is 0 Å². The summed E-state index contributed by atoms with van der Waals surface area (Å²) in [5.74, 6) is 0.274. The number of likely N-dealkylation sites (tertiary alicyclic amines) is 1. The highest BCUT2D eigenvalue weighted by Crippen LogP contribution is 2.36. The summed E-state index contributed by atoms with van der Waals surface area (Å²) >= 11 is 0. The van der Waals surface area contributed by atoms with Crippen LogP contribution in [0.4, 0.5) is 0 Å². The molecule has 2 heterocycles. The Morgan fingerprint density at radius 3 is 2.96 bits per heavy atom. The maximum absolute atomic E-state index is 12.9. The van der Waals surface area contributed by atoms with Crippen molar-refractivity contribution >= 4 is 5.91 Å². The molecule has 0 saturated carbocycles. The van der Waals surface area contributed by atoms with E-state index in [1.54, 1.807) is 18.2 Å². The number of amides is 1. The van der Waals surface area contributed by atoms with Gasteiger partial charge in [0.2, 0.25) is 5.91 Å². The van der Waals surface area contributed by atoms with Gasteiger partial charge in [-0.1, -0.05) is 6.07 Å². The molecule has 0 radical (unpaired) electrons. The van der Waals surface area contributed by atoms with Crippen LogP contribution in [0.15, 0.2) is 24.5 Å². The molecule has 0 spiro atoms. The molecule has 1 fully saturated rings. The zero-order chi connectivity index (χ0) is 17.4. The molecule has 1 aromatic rings. The monoisotopic (exact) mass is 333 g/mol. The normalized spacial score (nSPS) is 21.6. The molecule has 0 unspecified atom stereocenters. The Kier molecular flexibility index (Phi) is 7.18. The molecule has 5 heteroatoms. The van der Waals surface area contributed by atoms with Gasteiger partial charge in [0, 0.05) is 46.7 Å². The minimum absolute atomic E-state index is 0.252. The van der Waals surface area contributed by atoms with Crippen molar-refractivity contribution in [2.75, 3.05) is 47.4 Å². The number of aryl methyl sites for hydroxylation is 1. The number of methoxy groups -OCH3 is 1. The topological polar surface area (TPSA) is 45.7 Å². The van der Waals surface area contributed by atoms with Gasteiger partial charge in [-0.25, -0.2) is 0 Å². The summed E-state index contributed by atoms with van der Waals surface area (Å²) in [6.45, 7) is 3.54. The molecule has 1 saturated heterocycles. The molecule has 1 aliphatic rings. The number of pyridine rings is 1. The molecule has 1 aliphatic heterocycles. The highest BCUT2D eigenvalue weighted by molar-refractivity contribution is 5.82. The Morgan fingerprint density at radius 2 is 2.29 bits per heavy atom. The fourth-order valence-corrected chi connectivity index (χ4v) is 3.78. The van der Waals surface area contributed by atoms with Crippen molar-refractivity contribution in [1.82, 2.24) is 14.8 Å². The standard InChI is InChI=1S/C19H31N3O2/c1-21(2)18(23)19(9-4-7-17-8-5-11-20-15-17)10-6-12-22(16-19)13-14-24-3/h5,8,11,15H,4,6-7,9-10,12-14,16H2,1-3H3/t19-/m0/s1. The lowest BCUT2D eigenvalue weighted by molar-refractivity contribution is -0.144. The average Bonchev–Trinajstić information content (AvgIpc) is 2.60. The van der Waals surface area contributed by atoms with Crippen molar-refractivity contribution < 1.29 is 9.53 Å². The molecular formula is C19H31N3O2. The van der Waals surface area contributed by atoms with E-state index < -0.39 is 0 Å². The summed E-state index contributed by atoms with van der Waals surface area (Å²) in [6, 6.07) is 4.09. The predicted molar refractivity (Wildman–Crippen MR) is 95.9 cm³/mol. The minimum atomic E-state index is -0.252.